The number of aromatic nitrogens is 4. The van der Waals surface area contributed by atoms with Crippen LogP contribution in [0.5, 0.6) is 11.6 Å². The van der Waals surface area contributed by atoms with Crippen LogP contribution in [0.4, 0.5) is 8.78 Å². The van der Waals surface area contributed by atoms with E-state index in [1.807, 2.05) is 0 Å². The van der Waals surface area contributed by atoms with Crippen LogP contribution in [0.1, 0.15) is 5.82 Å². The zero-order valence-electron chi connectivity index (χ0n) is 13.1. The lowest BCUT2D eigenvalue weighted by Gasteiger charge is -2.11. The fourth-order valence-electron chi connectivity index (χ4n) is 2.50. The fraction of sp³-hybridized carbons (Fsp3) is 0.0556. The van der Waals surface area contributed by atoms with E-state index < -0.39 is 11.6 Å². The van der Waals surface area contributed by atoms with Gasteiger partial charge in [-0.15, -0.1) is 15.3 Å². The van der Waals surface area contributed by atoms with Crippen LogP contribution in [0.2, 0.25) is 0 Å². The number of ether oxygens (including phenoxy) is 1. The van der Waals surface area contributed by atoms with Gasteiger partial charge in [-0.05, 0) is 36.8 Å². The van der Waals surface area contributed by atoms with Crippen molar-refractivity contribution < 1.29 is 13.5 Å². The number of fused-ring (bicyclic) bond motifs is 1. The number of hydrogen-bond acceptors (Lipinski definition) is 4. The molecule has 0 aliphatic heterocycles. The average Bonchev–Trinajstić information content (AvgIpc) is 2.99. The number of nitrogens with zero attached hydrogens (tertiary/aromatic N) is 4. The summed E-state index contributed by atoms with van der Waals surface area (Å²) in [6, 6.07) is 14.2. The molecule has 0 bridgehead atoms. The largest absolute Gasteiger partial charge is 0.437 e. The first-order chi connectivity index (χ1) is 12.1. The first-order valence-electron chi connectivity index (χ1n) is 7.53. The molecule has 124 valence electrons. The van der Waals surface area contributed by atoms with Crippen molar-refractivity contribution in [2.45, 2.75) is 6.92 Å². The molecule has 0 amide bonds. The monoisotopic (exact) mass is 338 g/mol. The van der Waals surface area contributed by atoms with Crippen LogP contribution >= 0.6 is 0 Å². The summed E-state index contributed by atoms with van der Waals surface area (Å²) in [5.74, 6) is -0.352. The van der Waals surface area contributed by atoms with Crippen molar-refractivity contribution in [1.82, 2.24) is 19.8 Å². The van der Waals surface area contributed by atoms with E-state index in [4.69, 9.17) is 4.74 Å². The smallest absolute Gasteiger partial charge is 0.237 e. The molecule has 0 atom stereocenters. The van der Waals surface area contributed by atoms with Gasteiger partial charge in [-0.3, -0.25) is 0 Å². The zero-order chi connectivity index (χ0) is 17.4. The van der Waals surface area contributed by atoms with Gasteiger partial charge >= 0.3 is 0 Å². The van der Waals surface area contributed by atoms with Crippen molar-refractivity contribution in [3.63, 3.8) is 0 Å². The number of rotatable bonds is 3. The highest BCUT2D eigenvalue weighted by Gasteiger charge is 2.11. The second-order valence-corrected chi connectivity index (χ2v) is 5.42. The molecule has 2 heterocycles. The Labute approximate surface area is 141 Å². The van der Waals surface area contributed by atoms with E-state index in [2.05, 4.69) is 15.3 Å². The fourth-order valence-corrected chi connectivity index (χ4v) is 2.50. The van der Waals surface area contributed by atoms with Crippen molar-refractivity contribution >= 4 is 5.65 Å². The van der Waals surface area contributed by atoms with E-state index in [-0.39, 0.29) is 0 Å². The predicted molar refractivity (Wildman–Crippen MR) is 87.4 cm³/mol. The molecular weight excluding hydrogens is 326 g/mol. The maximum atomic E-state index is 13.6. The third-order valence-electron chi connectivity index (χ3n) is 3.73. The van der Waals surface area contributed by atoms with Gasteiger partial charge in [0.25, 0.3) is 0 Å². The first kappa shape index (κ1) is 15.2. The molecule has 0 aliphatic carbocycles. The maximum Gasteiger partial charge on any atom is 0.237 e. The molecule has 0 saturated heterocycles. The molecule has 2 aromatic carbocycles. The Morgan fingerprint density at radius 1 is 0.920 bits per heavy atom. The lowest BCUT2D eigenvalue weighted by Crippen LogP contribution is -1.98. The van der Waals surface area contributed by atoms with Crippen LogP contribution in [0, 0.1) is 18.6 Å². The minimum absolute atomic E-state index is 0.338. The van der Waals surface area contributed by atoms with Crippen LogP contribution in [-0.2, 0) is 0 Å². The molecule has 0 unspecified atom stereocenters. The molecule has 4 aromatic rings. The molecule has 0 radical (unpaired) electrons. The second-order valence-electron chi connectivity index (χ2n) is 5.42. The lowest BCUT2D eigenvalue weighted by molar-refractivity contribution is 0.453. The van der Waals surface area contributed by atoms with Crippen molar-refractivity contribution in [2.24, 2.45) is 0 Å². The van der Waals surface area contributed by atoms with E-state index in [1.165, 1.54) is 6.07 Å². The summed E-state index contributed by atoms with van der Waals surface area (Å²) in [5.41, 5.74) is 1.75. The summed E-state index contributed by atoms with van der Waals surface area (Å²) in [7, 11) is 0. The SMILES string of the molecule is Cc1nnc2ccc(Oc3ccccc3-c3ccc(F)c(F)c3)nn12. The van der Waals surface area contributed by atoms with Crippen molar-refractivity contribution in [2.75, 3.05) is 0 Å². The van der Waals surface area contributed by atoms with Crippen LogP contribution in [0.15, 0.2) is 54.6 Å². The molecule has 0 saturated carbocycles. The van der Waals surface area contributed by atoms with Gasteiger partial charge in [-0.25, -0.2) is 8.78 Å². The number of halogens is 2. The van der Waals surface area contributed by atoms with Gasteiger partial charge in [-0.1, -0.05) is 24.3 Å². The Morgan fingerprint density at radius 2 is 1.76 bits per heavy atom. The highest BCUT2D eigenvalue weighted by atomic mass is 19.2. The first-order valence-corrected chi connectivity index (χ1v) is 7.53. The minimum Gasteiger partial charge on any atom is -0.437 e. The highest BCUT2D eigenvalue weighted by molar-refractivity contribution is 5.70. The van der Waals surface area contributed by atoms with Gasteiger partial charge < -0.3 is 4.74 Å². The van der Waals surface area contributed by atoms with Gasteiger partial charge in [0, 0.05) is 11.6 Å². The van der Waals surface area contributed by atoms with Gasteiger partial charge in [0.1, 0.15) is 5.75 Å². The summed E-state index contributed by atoms with van der Waals surface area (Å²) < 4.78 is 34.2. The molecule has 7 heteroatoms. The topological polar surface area (TPSA) is 52.3 Å². The standard InChI is InChI=1S/C18H12F2N4O/c1-11-21-22-17-8-9-18(23-24(11)17)25-16-5-3-2-4-13(16)12-6-7-14(19)15(20)10-12/h2-10H,1H3. The maximum absolute atomic E-state index is 13.6. The molecule has 0 N–H and O–H groups in total. The van der Waals surface area contributed by atoms with Crippen LogP contribution in [-0.4, -0.2) is 19.8 Å². The van der Waals surface area contributed by atoms with Crippen LogP contribution < -0.4 is 4.74 Å². The third kappa shape index (κ3) is 2.80. The molecule has 5 nitrogen and oxygen atoms in total. The molecule has 4 rings (SSSR count). The van der Waals surface area contributed by atoms with Crippen molar-refractivity contribution in [3.05, 3.63) is 72.1 Å². The minimum atomic E-state index is -0.910. The summed E-state index contributed by atoms with van der Waals surface area (Å²) in [5, 5.41) is 12.2. The molecule has 0 aliphatic rings. The quantitative estimate of drug-likeness (QED) is 0.562. The predicted octanol–water partition coefficient (Wildman–Crippen LogP) is 4.17. The molecule has 0 fully saturated rings. The third-order valence-corrected chi connectivity index (χ3v) is 3.73. The highest BCUT2D eigenvalue weighted by Crippen LogP contribution is 2.33. The molecule has 25 heavy (non-hydrogen) atoms. The van der Waals surface area contributed by atoms with Crippen molar-refractivity contribution in [3.8, 4) is 22.8 Å². The van der Waals surface area contributed by atoms with E-state index in [9.17, 15) is 8.78 Å². The summed E-state index contributed by atoms with van der Waals surface area (Å²) in [6.07, 6.45) is 0. The van der Waals surface area contributed by atoms with Gasteiger partial charge in [0.05, 0.1) is 0 Å². The average molecular weight is 338 g/mol. The Morgan fingerprint density at radius 3 is 2.60 bits per heavy atom. The van der Waals surface area contributed by atoms with Crippen molar-refractivity contribution in [1.29, 1.82) is 0 Å². The summed E-state index contributed by atoms with van der Waals surface area (Å²) >= 11 is 0. The van der Waals surface area contributed by atoms with Crippen LogP contribution in [0.3, 0.4) is 0 Å². The van der Waals surface area contributed by atoms with Crippen LogP contribution in [0.25, 0.3) is 16.8 Å². The summed E-state index contributed by atoms with van der Waals surface area (Å²) in [4.78, 5) is 0. The molecule has 2 aromatic heterocycles. The van der Waals surface area contributed by atoms with E-state index in [0.717, 1.165) is 12.1 Å². The number of aryl methyl sites for hydroxylation is 1. The number of hydrogen-bond donors (Lipinski definition) is 0. The number of benzene rings is 2. The summed E-state index contributed by atoms with van der Waals surface area (Å²) in [6.45, 7) is 1.78. The van der Waals surface area contributed by atoms with Gasteiger partial charge in [0.2, 0.25) is 5.88 Å². The lowest BCUT2D eigenvalue weighted by atomic mass is 10.0. The Balaban J connectivity index is 1.75. The normalized spacial score (nSPS) is 11.0. The molecular formula is C18H12F2N4O. The van der Waals surface area contributed by atoms with E-state index in [0.29, 0.717) is 34.2 Å². The van der Waals surface area contributed by atoms with E-state index >= 15 is 0 Å². The van der Waals surface area contributed by atoms with Gasteiger partial charge in [0.15, 0.2) is 23.1 Å². The Bertz CT molecular complexity index is 1080. The molecule has 0 spiro atoms. The second kappa shape index (κ2) is 5.94. The number of para-hydroxylation sites is 1. The van der Waals surface area contributed by atoms with E-state index in [1.54, 1.807) is 47.8 Å². The zero-order valence-corrected chi connectivity index (χ0v) is 13.1. The Hall–Kier alpha value is -3.35. The Kier molecular flexibility index (Phi) is 3.61. The van der Waals surface area contributed by atoms with Gasteiger partial charge in [-0.2, -0.15) is 4.52 Å².